The third kappa shape index (κ3) is 3.75. The minimum Gasteiger partial charge on any atom is -0.401 e. The number of nitrogen functional groups attached to an aromatic ring is 1. The Morgan fingerprint density at radius 2 is 2.22 bits per heavy atom. The summed E-state index contributed by atoms with van der Waals surface area (Å²) in [5.41, 5.74) is 11.9. The summed E-state index contributed by atoms with van der Waals surface area (Å²) in [5.74, 6) is 0.0648. The van der Waals surface area contributed by atoms with Crippen LogP contribution in [0.1, 0.15) is 12.6 Å². The molecule has 0 bridgehead atoms. The lowest BCUT2D eigenvalue weighted by Crippen LogP contribution is -2.10. The number of anilines is 1. The van der Waals surface area contributed by atoms with E-state index in [-0.39, 0.29) is 22.8 Å². The van der Waals surface area contributed by atoms with Crippen LogP contribution in [0.5, 0.6) is 0 Å². The summed E-state index contributed by atoms with van der Waals surface area (Å²) >= 11 is 1.13. The van der Waals surface area contributed by atoms with Gasteiger partial charge in [0.05, 0.1) is 5.75 Å². The van der Waals surface area contributed by atoms with Crippen molar-refractivity contribution in [2.75, 3.05) is 11.5 Å². The first-order valence-electron chi connectivity index (χ1n) is 5.07. The summed E-state index contributed by atoms with van der Waals surface area (Å²) in [7, 11) is 0. The maximum Gasteiger partial charge on any atom is 0.190 e. The van der Waals surface area contributed by atoms with Crippen LogP contribution in [0.3, 0.4) is 0 Å². The number of thioether (sulfide) groups is 1. The molecule has 0 unspecified atom stereocenters. The lowest BCUT2D eigenvalue weighted by atomic mass is 10.2. The van der Waals surface area contributed by atoms with Crippen LogP contribution in [-0.2, 0) is 4.79 Å². The Hall–Kier alpha value is -2.07. The number of ketones is 1. The molecule has 0 saturated heterocycles. The second-order valence-electron chi connectivity index (χ2n) is 3.60. The summed E-state index contributed by atoms with van der Waals surface area (Å²) in [5, 5.41) is 9.19. The molecule has 4 N–H and O–H groups in total. The number of hydrogen-bond acceptors (Lipinski definition) is 7. The van der Waals surface area contributed by atoms with Crippen LogP contribution in [0, 0.1) is 18.3 Å². The molecular formula is C11H13N5OS. The number of nitrogens with zero attached hydrogens (tertiary/aromatic N) is 3. The summed E-state index contributed by atoms with van der Waals surface area (Å²) in [6, 6.07) is 3.42. The van der Waals surface area contributed by atoms with Crippen molar-refractivity contribution in [2.45, 2.75) is 19.0 Å². The van der Waals surface area contributed by atoms with Crippen molar-refractivity contribution in [2.24, 2.45) is 5.73 Å². The molecule has 6 nitrogen and oxygen atoms in total. The Morgan fingerprint density at radius 3 is 2.72 bits per heavy atom. The Kier molecular flexibility index (Phi) is 4.68. The molecule has 94 valence electrons. The molecule has 0 aliphatic heterocycles. The van der Waals surface area contributed by atoms with Crippen molar-refractivity contribution >= 4 is 23.4 Å². The number of carbonyl (C=O) groups is 1. The normalized spacial score (nSPS) is 11.6. The highest BCUT2D eigenvalue weighted by atomic mass is 32.2. The summed E-state index contributed by atoms with van der Waals surface area (Å²) in [6.07, 6.45) is 0. The van der Waals surface area contributed by atoms with E-state index in [0.717, 1.165) is 17.5 Å². The van der Waals surface area contributed by atoms with Crippen LogP contribution in [-0.4, -0.2) is 21.5 Å². The van der Waals surface area contributed by atoms with E-state index in [1.165, 1.54) is 6.92 Å². The Bertz CT molecular complexity index is 523. The van der Waals surface area contributed by atoms with Gasteiger partial charge in [-0.2, -0.15) is 5.26 Å². The SMILES string of the molecule is C/C(N)=C(\C#N)C(=O)CSc1nc(C)cc(N)n1. The second kappa shape index (κ2) is 6.02. The molecule has 0 aliphatic rings. The lowest BCUT2D eigenvalue weighted by molar-refractivity contribution is -0.112. The molecular weight excluding hydrogens is 250 g/mol. The fraction of sp³-hybridized carbons (Fsp3) is 0.273. The van der Waals surface area contributed by atoms with E-state index in [0.29, 0.717) is 11.0 Å². The fourth-order valence-corrected chi connectivity index (χ4v) is 1.99. The molecule has 1 aromatic heterocycles. The van der Waals surface area contributed by atoms with Crippen molar-refractivity contribution in [3.63, 3.8) is 0 Å². The minimum atomic E-state index is -0.342. The van der Waals surface area contributed by atoms with Gasteiger partial charge in [-0.1, -0.05) is 11.8 Å². The summed E-state index contributed by atoms with van der Waals surface area (Å²) in [4.78, 5) is 19.8. The zero-order chi connectivity index (χ0) is 13.7. The topological polar surface area (TPSA) is 119 Å². The van der Waals surface area contributed by atoms with Gasteiger partial charge in [0.2, 0.25) is 0 Å². The standard InChI is InChI=1S/C11H13N5OS/c1-6-3-10(14)16-11(15-6)18-5-9(17)8(4-12)7(2)13/h3H,5,13H2,1-2H3,(H2,14,15,16)/b8-7-. The lowest BCUT2D eigenvalue weighted by Gasteiger charge is -2.02. The van der Waals surface area contributed by atoms with Gasteiger partial charge in [0.1, 0.15) is 17.5 Å². The number of nitrogens with two attached hydrogens (primary N) is 2. The van der Waals surface area contributed by atoms with Gasteiger partial charge in [0, 0.05) is 17.5 Å². The van der Waals surface area contributed by atoms with Gasteiger partial charge >= 0.3 is 0 Å². The molecule has 0 amide bonds. The van der Waals surface area contributed by atoms with Crippen LogP contribution >= 0.6 is 11.8 Å². The van der Waals surface area contributed by atoms with Gasteiger partial charge in [-0.15, -0.1) is 0 Å². The van der Waals surface area contributed by atoms with Crippen LogP contribution in [0.2, 0.25) is 0 Å². The van der Waals surface area contributed by atoms with E-state index >= 15 is 0 Å². The third-order valence-electron chi connectivity index (χ3n) is 1.97. The van der Waals surface area contributed by atoms with Gasteiger partial charge in [-0.3, -0.25) is 4.79 Å². The van der Waals surface area contributed by atoms with E-state index in [2.05, 4.69) is 9.97 Å². The van der Waals surface area contributed by atoms with Crippen LogP contribution in [0.25, 0.3) is 0 Å². The smallest absolute Gasteiger partial charge is 0.190 e. The number of allylic oxidation sites excluding steroid dienone is 2. The Labute approximate surface area is 109 Å². The fourth-order valence-electron chi connectivity index (χ4n) is 1.20. The number of aromatic nitrogens is 2. The molecule has 0 fully saturated rings. The van der Waals surface area contributed by atoms with E-state index in [4.69, 9.17) is 16.7 Å². The van der Waals surface area contributed by atoms with Crippen molar-refractivity contribution in [3.8, 4) is 6.07 Å². The highest BCUT2D eigenvalue weighted by Crippen LogP contribution is 2.16. The van der Waals surface area contributed by atoms with Gasteiger partial charge in [0.15, 0.2) is 10.9 Å². The maximum absolute atomic E-state index is 11.7. The molecule has 0 atom stereocenters. The molecule has 18 heavy (non-hydrogen) atoms. The van der Waals surface area contributed by atoms with Gasteiger partial charge in [-0.25, -0.2) is 9.97 Å². The number of hydrogen-bond donors (Lipinski definition) is 2. The van der Waals surface area contributed by atoms with Crippen molar-refractivity contribution < 1.29 is 4.79 Å². The van der Waals surface area contributed by atoms with Gasteiger partial charge in [0.25, 0.3) is 0 Å². The molecule has 1 heterocycles. The first-order chi connectivity index (χ1) is 8.43. The number of nitriles is 1. The minimum absolute atomic E-state index is 0.0249. The van der Waals surface area contributed by atoms with E-state index in [1.807, 2.05) is 0 Å². The van der Waals surface area contributed by atoms with Gasteiger partial charge < -0.3 is 11.5 Å². The summed E-state index contributed by atoms with van der Waals surface area (Å²) in [6.45, 7) is 3.30. The second-order valence-corrected chi connectivity index (χ2v) is 4.54. The molecule has 7 heteroatoms. The Balaban J connectivity index is 2.75. The van der Waals surface area contributed by atoms with Crippen LogP contribution < -0.4 is 11.5 Å². The van der Waals surface area contributed by atoms with Gasteiger partial charge in [-0.05, 0) is 13.8 Å². The molecule has 1 rings (SSSR count). The number of aryl methyl sites for hydroxylation is 1. The van der Waals surface area contributed by atoms with E-state index < -0.39 is 0 Å². The molecule has 1 aromatic rings. The number of carbonyl (C=O) groups excluding carboxylic acids is 1. The number of Topliss-reactive ketones (excluding diaryl/α,β-unsaturated/α-hetero) is 1. The molecule has 0 aliphatic carbocycles. The first-order valence-corrected chi connectivity index (χ1v) is 6.06. The average molecular weight is 263 g/mol. The third-order valence-corrected chi connectivity index (χ3v) is 2.82. The van der Waals surface area contributed by atoms with Crippen molar-refractivity contribution in [3.05, 3.63) is 23.0 Å². The highest BCUT2D eigenvalue weighted by molar-refractivity contribution is 7.99. The highest BCUT2D eigenvalue weighted by Gasteiger charge is 2.13. The summed E-state index contributed by atoms with van der Waals surface area (Å²) < 4.78 is 0. The van der Waals surface area contributed by atoms with E-state index in [9.17, 15) is 4.79 Å². The van der Waals surface area contributed by atoms with Crippen molar-refractivity contribution in [1.29, 1.82) is 5.26 Å². The predicted octanol–water partition coefficient (Wildman–Crippen LogP) is 0.785. The van der Waals surface area contributed by atoms with E-state index in [1.54, 1.807) is 19.1 Å². The molecule has 0 radical (unpaired) electrons. The average Bonchev–Trinajstić information content (AvgIpc) is 2.25. The Morgan fingerprint density at radius 1 is 1.56 bits per heavy atom. The largest absolute Gasteiger partial charge is 0.401 e. The zero-order valence-electron chi connectivity index (χ0n) is 10.1. The molecule has 0 aromatic carbocycles. The monoisotopic (exact) mass is 263 g/mol. The van der Waals surface area contributed by atoms with Crippen LogP contribution in [0.15, 0.2) is 22.5 Å². The number of rotatable bonds is 4. The maximum atomic E-state index is 11.7. The van der Waals surface area contributed by atoms with Crippen molar-refractivity contribution in [1.82, 2.24) is 9.97 Å². The quantitative estimate of drug-likeness (QED) is 0.356. The molecule has 0 spiro atoms. The van der Waals surface area contributed by atoms with Crippen LogP contribution in [0.4, 0.5) is 5.82 Å². The zero-order valence-corrected chi connectivity index (χ0v) is 10.9. The molecule has 0 saturated carbocycles. The first kappa shape index (κ1) is 14.0. The predicted molar refractivity (Wildman–Crippen MR) is 69.4 cm³/mol.